The molecule has 0 fully saturated rings. The average molecular weight is 291 g/mol. The first kappa shape index (κ1) is 14.2. The molecule has 0 saturated heterocycles. The molecule has 0 saturated carbocycles. The van der Waals surface area contributed by atoms with E-state index in [4.69, 9.17) is 9.84 Å². The van der Waals surface area contributed by atoms with Gasteiger partial charge in [-0.2, -0.15) is 0 Å². The molecule has 1 aromatic heterocycles. The molecule has 1 heterocycles. The molecule has 0 unspecified atom stereocenters. The van der Waals surface area contributed by atoms with E-state index in [1.54, 1.807) is 19.2 Å². The quantitative estimate of drug-likeness (QED) is 0.913. The lowest BCUT2D eigenvalue weighted by molar-refractivity contribution is 0.0690. The smallest absolute Gasteiger partial charge is 0.354 e. The maximum absolute atomic E-state index is 12.1. The number of carboxylic acid groups (broad SMARTS) is 1. The lowest BCUT2D eigenvalue weighted by atomic mass is 10.2. The fourth-order valence-electron chi connectivity index (χ4n) is 1.60. The fourth-order valence-corrected chi connectivity index (χ4v) is 2.65. The minimum absolute atomic E-state index is 0.0600. The number of nitrogens with zero attached hydrogens (tertiary/aromatic N) is 1. The minimum Gasteiger partial charge on any atom is -0.497 e. The van der Waals surface area contributed by atoms with Crippen LogP contribution < -0.4 is 4.74 Å². The van der Waals surface area contributed by atoms with Gasteiger partial charge in [-0.15, -0.1) is 0 Å². The molecule has 2 aromatic rings. The van der Waals surface area contributed by atoms with Gasteiger partial charge in [0, 0.05) is 6.20 Å². The molecular weight excluding hydrogens is 278 g/mol. The highest BCUT2D eigenvalue weighted by atomic mass is 32.2. The number of aromatic nitrogens is 1. The number of hydrogen-bond acceptors (Lipinski definition) is 4. The number of methoxy groups -OCH3 is 1. The molecule has 0 aliphatic rings. The van der Waals surface area contributed by atoms with Gasteiger partial charge < -0.3 is 9.84 Å². The van der Waals surface area contributed by atoms with E-state index in [1.165, 1.54) is 18.3 Å². The topological polar surface area (TPSA) is 76.5 Å². The zero-order chi connectivity index (χ0) is 14.5. The lowest BCUT2D eigenvalue weighted by Gasteiger charge is -2.04. The Kier molecular flexibility index (Phi) is 4.47. The van der Waals surface area contributed by atoms with Crippen LogP contribution in [0.3, 0.4) is 0 Å². The molecule has 0 aliphatic carbocycles. The predicted molar refractivity (Wildman–Crippen MR) is 74.3 cm³/mol. The molecule has 0 spiro atoms. The number of benzene rings is 1. The van der Waals surface area contributed by atoms with Gasteiger partial charge in [0.25, 0.3) is 0 Å². The van der Waals surface area contributed by atoms with E-state index < -0.39 is 16.8 Å². The third-order valence-electron chi connectivity index (χ3n) is 2.68. The van der Waals surface area contributed by atoms with Crippen molar-refractivity contribution in [2.75, 3.05) is 7.11 Å². The largest absolute Gasteiger partial charge is 0.497 e. The second-order valence-electron chi connectivity index (χ2n) is 4.02. The van der Waals surface area contributed by atoms with Gasteiger partial charge in [0.05, 0.1) is 28.6 Å². The van der Waals surface area contributed by atoms with Crippen LogP contribution in [0.5, 0.6) is 5.75 Å². The highest BCUT2D eigenvalue weighted by Crippen LogP contribution is 2.15. The molecule has 0 radical (unpaired) electrons. The summed E-state index contributed by atoms with van der Waals surface area (Å²) >= 11 is 0. The van der Waals surface area contributed by atoms with Crippen molar-refractivity contribution in [2.45, 2.75) is 10.6 Å². The summed E-state index contributed by atoms with van der Waals surface area (Å²) in [5.74, 6) is -0.0116. The van der Waals surface area contributed by atoms with Crippen LogP contribution in [0.2, 0.25) is 0 Å². The number of aromatic carboxylic acids is 1. The van der Waals surface area contributed by atoms with Crippen molar-refractivity contribution in [3.63, 3.8) is 0 Å². The summed E-state index contributed by atoms with van der Waals surface area (Å²) in [6.45, 7) is 0. The summed E-state index contributed by atoms with van der Waals surface area (Å²) < 4.78 is 17.2. The van der Waals surface area contributed by atoms with E-state index in [2.05, 4.69) is 4.98 Å². The fraction of sp³-hybridized carbons (Fsp3) is 0.143. The van der Waals surface area contributed by atoms with Crippen molar-refractivity contribution in [3.05, 3.63) is 53.9 Å². The Hall–Kier alpha value is -2.21. The first-order valence-corrected chi connectivity index (χ1v) is 7.12. The molecule has 20 heavy (non-hydrogen) atoms. The maximum Gasteiger partial charge on any atom is 0.354 e. The van der Waals surface area contributed by atoms with Crippen molar-refractivity contribution in [2.24, 2.45) is 0 Å². The van der Waals surface area contributed by atoms with Gasteiger partial charge in [0.2, 0.25) is 0 Å². The zero-order valence-electron chi connectivity index (χ0n) is 10.8. The van der Waals surface area contributed by atoms with Crippen LogP contribution in [0, 0.1) is 0 Å². The van der Waals surface area contributed by atoms with Gasteiger partial charge >= 0.3 is 5.97 Å². The normalized spacial score (nSPS) is 11.8. The van der Waals surface area contributed by atoms with Gasteiger partial charge in [-0.1, -0.05) is 12.1 Å². The van der Waals surface area contributed by atoms with E-state index in [0.717, 1.165) is 11.3 Å². The summed E-state index contributed by atoms with van der Waals surface area (Å²) in [5.41, 5.74) is 0.849. The summed E-state index contributed by atoms with van der Waals surface area (Å²) in [4.78, 5) is 14.9. The molecule has 6 heteroatoms. The number of pyridine rings is 1. The standard InChI is InChI=1S/C14H13NO4S/c1-19-11-4-2-10(3-5-11)9-20(18)12-6-7-13(14(16)17)15-8-12/h2-8H,9H2,1H3,(H,16,17)/t20-/m1/s1. The number of carboxylic acids is 1. The second-order valence-corrected chi connectivity index (χ2v) is 5.47. The number of carbonyl (C=O) groups is 1. The molecule has 5 nitrogen and oxygen atoms in total. The van der Waals surface area contributed by atoms with E-state index in [1.807, 2.05) is 12.1 Å². The first-order valence-electron chi connectivity index (χ1n) is 5.81. The zero-order valence-corrected chi connectivity index (χ0v) is 11.6. The van der Waals surface area contributed by atoms with Gasteiger partial charge in [-0.25, -0.2) is 9.78 Å². The van der Waals surface area contributed by atoms with Crippen LogP contribution in [0.25, 0.3) is 0 Å². The van der Waals surface area contributed by atoms with Crippen LogP contribution in [-0.2, 0) is 16.6 Å². The molecule has 0 amide bonds. The monoisotopic (exact) mass is 291 g/mol. The molecule has 1 aromatic carbocycles. The van der Waals surface area contributed by atoms with Crippen LogP contribution in [0.1, 0.15) is 16.1 Å². The second kappa shape index (κ2) is 6.29. The molecule has 1 N–H and O–H groups in total. The Bertz CT molecular complexity index is 623. The van der Waals surface area contributed by atoms with Crippen LogP contribution in [0.15, 0.2) is 47.5 Å². The molecule has 0 bridgehead atoms. The van der Waals surface area contributed by atoms with Crippen LogP contribution >= 0.6 is 0 Å². The summed E-state index contributed by atoms with van der Waals surface area (Å²) in [6, 6.07) is 10.2. The Morgan fingerprint density at radius 3 is 2.45 bits per heavy atom. The van der Waals surface area contributed by atoms with Gasteiger partial charge in [-0.05, 0) is 29.8 Å². The van der Waals surface area contributed by atoms with Gasteiger partial charge in [0.15, 0.2) is 0 Å². The molecular formula is C14H13NO4S. The average Bonchev–Trinajstić information content (AvgIpc) is 2.48. The van der Waals surface area contributed by atoms with Crippen molar-refractivity contribution >= 4 is 16.8 Å². The number of ether oxygens (including phenoxy) is 1. The highest BCUT2D eigenvalue weighted by Gasteiger charge is 2.09. The molecule has 2 rings (SSSR count). The minimum atomic E-state index is -1.26. The van der Waals surface area contributed by atoms with E-state index in [-0.39, 0.29) is 5.69 Å². The van der Waals surface area contributed by atoms with Crippen molar-refractivity contribution in [1.29, 1.82) is 0 Å². The van der Waals surface area contributed by atoms with Crippen LogP contribution in [0.4, 0.5) is 0 Å². The first-order chi connectivity index (χ1) is 9.60. The number of rotatable bonds is 5. The summed E-state index contributed by atoms with van der Waals surface area (Å²) in [5, 5.41) is 8.75. The number of hydrogen-bond donors (Lipinski definition) is 1. The van der Waals surface area contributed by atoms with Crippen molar-refractivity contribution < 1.29 is 18.8 Å². The SMILES string of the molecule is COc1ccc(C[S@@](=O)c2ccc(C(=O)O)nc2)cc1. The van der Waals surface area contributed by atoms with Gasteiger partial charge in [-0.3, -0.25) is 4.21 Å². The predicted octanol–water partition coefficient (Wildman–Crippen LogP) is 2.10. The summed E-state index contributed by atoms with van der Waals surface area (Å²) in [6.07, 6.45) is 1.34. The Balaban J connectivity index is 2.08. The van der Waals surface area contributed by atoms with Crippen LogP contribution in [-0.4, -0.2) is 27.4 Å². The molecule has 104 valence electrons. The molecule has 0 aliphatic heterocycles. The van der Waals surface area contributed by atoms with E-state index in [0.29, 0.717) is 10.6 Å². The molecule has 1 atom stereocenters. The van der Waals surface area contributed by atoms with E-state index >= 15 is 0 Å². The Morgan fingerprint density at radius 1 is 1.25 bits per heavy atom. The Labute approximate surface area is 118 Å². The van der Waals surface area contributed by atoms with Crippen molar-refractivity contribution in [1.82, 2.24) is 4.98 Å². The maximum atomic E-state index is 12.1. The summed E-state index contributed by atoms with van der Waals surface area (Å²) in [7, 11) is 0.325. The Morgan fingerprint density at radius 2 is 1.95 bits per heavy atom. The third-order valence-corrected chi connectivity index (χ3v) is 4.04. The van der Waals surface area contributed by atoms with E-state index in [9.17, 15) is 9.00 Å². The lowest BCUT2D eigenvalue weighted by Crippen LogP contribution is -2.02. The van der Waals surface area contributed by atoms with Gasteiger partial charge in [0.1, 0.15) is 11.4 Å². The van der Waals surface area contributed by atoms with Crippen molar-refractivity contribution in [3.8, 4) is 5.75 Å². The third kappa shape index (κ3) is 3.42. The highest BCUT2D eigenvalue weighted by molar-refractivity contribution is 7.84.